The molecule has 0 saturated heterocycles. The van der Waals surface area contributed by atoms with Crippen molar-refractivity contribution in [1.29, 1.82) is 0 Å². The Morgan fingerprint density at radius 2 is 0.885 bits per heavy atom. The van der Waals surface area contributed by atoms with Crippen LogP contribution in [0.1, 0.15) is 84.0 Å². The molecule has 7 aliphatic heterocycles. The summed E-state index contributed by atoms with van der Waals surface area (Å²) in [6.07, 6.45) is 0. The van der Waals surface area contributed by atoms with Crippen molar-refractivity contribution in [3.05, 3.63) is 150 Å². The van der Waals surface area contributed by atoms with Crippen molar-refractivity contribution in [2.75, 3.05) is 19.2 Å². The first-order chi connectivity index (χ1) is 29.4. The van der Waals surface area contributed by atoms with Gasteiger partial charge in [-0.05, 0) is 0 Å². The Morgan fingerprint density at radius 3 is 1.30 bits per heavy atom. The zero-order valence-corrected chi connectivity index (χ0v) is 40.4. The molecule has 0 bridgehead atoms. The van der Waals surface area contributed by atoms with Crippen LogP contribution in [0.2, 0.25) is 11.5 Å². The van der Waals surface area contributed by atoms with Crippen molar-refractivity contribution in [2.45, 2.75) is 98.3 Å². The molecule has 6 aromatic rings. The molecule has 0 amide bonds. The zero-order chi connectivity index (χ0) is 41.7. The second-order valence-electron chi connectivity index (χ2n) is 19.5. The van der Waals surface area contributed by atoms with E-state index in [2.05, 4.69) is 183 Å². The topological polar surface area (TPSA) is 13.0 Å². The van der Waals surface area contributed by atoms with E-state index in [9.17, 15) is 0 Å². The number of hydrogen-bond acceptors (Lipinski definition) is 6. The van der Waals surface area contributed by atoms with Crippen LogP contribution < -0.4 is 19.2 Å². The van der Waals surface area contributed by atoms with Crippen LogP contribution in [0.5, 0.6) is 0 Å². The molecular formula is C52H48B2GeN4S2. The Hall–Kier alpha value is -4.63. The quantitative estimate of drug-likeness (QED) is 0.160. The molecule has 0 aromatic heterocycles. The third-order valence-electron chi connectivity index (χ3n) is 15.2. The van der Waals surface area contributed by atoms with Gasteiger partial charge < -0.3 is 0 Å². The first-order valence-corrected chi connectivity index (χ1v) is 30.1. The van der Waals surface area contributed by atoms with Gasteiger partial charge in [-0.3, -0.25) is 0 Å². The second-order valence-corrected chi connectivity index (χ2v) is 30.6. The average Bonchev–Trinajstić information content (AvgIpc) is 3.85. The minimum atomic E-state index is -3.34. The Balaban J connectivity index is 1.17. The van der Waals surface area contributed by atoms with Gasteiger partial charge >= 0.3 is 375 Å². The van der Waals surface area contributed by atoms with E-state index in [0.717, 1.165) is 0 Å². The van der Waals surface area contributed by atoms with Gasteiger partial charge in [-0.15, -0.1) is 0 Å². The number of fused-ring (bicyclic) bond motifs is 19. The number of hydrogen-bond donors (Lipinski definition) is 0. The molecule has 7 heterocycles. The predicted molar refractivity (Wildman–Crippen MR) is 265 cm³/mol. The molecule has 0 atom stereocenters. The van der Waals surface area contributed by atoms with Crippen LogP contribution in [0.25, 0.3) is 11.1 Å². The number of para-hydroxylation sites is 2. The normalized spacial score (nSPS) is 17.6. The van der Waals surface area contributed by atoms with Crippen LogP contribution in [0, 0.1) is 27.7 Å². The summed E-state index contributed by atoms with van der Waals surface area (Å²) in [7, 11) is 0. The minimum absolute atomic E-state index is 0.0446. The maximum absolute atomic E-state index is 3.34. The van der Waals surface area contributed by atoms with E-state index < -0.39 is 13.3 Å². The molecule has 0 fully saturated rings. The molecule has 4 nitrogen and oxygen atoms in total. The van der Waals surface area contributed by atoms with E-state index in [0.29, 0.717) is 11.8 Å². The van der Waals surface area contributed by atoms with Gasteiger partial charge in [-0.1, -0.05) is 0 Å². The third-order valence-corrected chi connectivity index (χ3v) is 25.5. The number of rotatable bonds is 2. The summed E-state index contributed by atoms with van der Waals surface area (Å²) in [5.74, 6) is 6.36. The van der Waals surface area contributed by atoms with E-state index in [1.807, 2.05) is 23.5 Å². The van der Waals surface area contributed by atoms with E-state index in [-0.39, 0.29) is 14.0 Å². The molecule has 0 N–H and O–H groups in total. The molecule has 6 aromatic carbocycles. The average molecular weight is 887 g/mol. The Morgan fingerprint density at radius 1 is 0.475 bits per heavy atom. The van der Waals surface area contributed by atoms with E-state index >= 15 is 0 Å². The molecule has 61 heavy (non-hydrogen) atoms. The van der Waals surface area contributed by atoms with E-state index in [1.54, 1.807) is 8.61 Å². The molecule has 298 valence electrons. The predicted octanol–water partition coefficient (Wildman–Crippen LogP) is 14.8. The van der Waals surface area contributed by atoms with Crippen LogP contribution in [-0.2, 0) is 0 Å². The molecule has 0 aliphatic carbocycles. The summed E-state index contributed by atoms with van der Waals surface area (Å²) in [6.45, 7) is 18.9. The summed E-state index contributed by atoms with van der Waals surface area (Å²) < 4.78 is 3.40. The van der Waals surface area contributed by atoms with Crippen LogP contribution in [0.4, 0.5) is 45.5 Å². The molecule has 0 radical (unpaired) electrons. The van der Waals surface area contributed by atoms with Crippen molar-refractivity contribution in [2.24, 2.45) is 0 Å². The SMILES string of the molecule is Cc1cc2c3c(c1C)Sc1ccccc1N3B1[C]3=C(C4=[C](B5N(c6ccc(C(C)C)cc64)c4cc(C)c(C)c6c4N5c4ccccc4S6)[Ge]3([CH3])[CH3])c3cc(C(C)C)ccc3N12. The maximum atomic E-state index is 2.80. The fraction of sp³-hybridized carbons (Fsp3) is 0.231. The second kappa shape index (κ2) is 12.3. The number of anilines is 8. The van der Waals surface area contributed by atoms with Crippen LogP contribution in [0.15, 0.2) is 125 Å². The standard InChI is InChI=1S/C52H48B2GeN4S2/c1-27(2)33-19-21-37-35(25-33)45-46-36-26-34(28(3)4)20-22-38(36)57-42-24-30(6)32(8)50-48(42)59(40-16-12-14-18-44(40)61-50)54(57)52(46)55(9,10)51(45)53-56(37)41-23-29(5)31(7)49-47(41)58(53)39-15-11-13-17-43(39)60-49/h11-28H,1-10H3. The van der Waals surface area contributed by atoms with Crippen molar-refractivity contribution >= 4 is 107 Å². The Bertz CT molecular complexity index is 2920. The molecule has 9 heteroatoms. The summed E-state index contributed by atoms with van der Waals surface area (Å²) in [6, 6.07) is 38.5. The molecular weight excluding hydrogens is 839 g/mol. The van der Waals surface area contributed by atoms with Crippen LogP contribution in [-0.4, -0.2) is 27.2 Å². The van der Waals surface area contributed by atoms with Crippen molar-refractivity contribution < 1.29 is 0 Å². The van der Waals surface area contributed by atoms with E-state index in [1.165, 1.54) is 121 Å². The van der Waals surface area contributed by atoms with Crippen molar-refractivity contribution in [3.63, 3.8) is 0 Å². The number of allylic oxidation sites excluding steroid dienone is 2. The Labute approximate surface area is 372 Å². The van der Waals surface area contributed by atoms with Gasteiger partial charge in [0.15, 0.2) is 0 Å². The summed E-state index contributed by atoms with van der Waals surface area (Å²) >= 11 is 0.606. The number of nitrogens with zero attached hydrogens (tertiary/aromatic N) is 4. The molecule has 0 spiro atoms. The van der Waals surface area contributed by atoms with Gasteiger partial charge in [0.1, 0.15) is 0 Å². The molecule has 7 aliphatic rings. The fourth-order valence-corrected chi connectivity index (χ4v) is 22.5. The zero-order valence-electron chi connectivity index (χ0n) is 36.7. The van der Waals surface area contributed by atoms with E-state index in [4.69, 9.17) is 0 Å². The first kappa shape index (κ1) is 37.0. The summed E-state index contributed by atoms with van der Waals surface area (Å²) in [4.78, 5) is 16.7. The Kier molecular flexibility index (Phi) is 7.45. The van der Waals surface area contributed by atoms with Crippen LogP contribution in [0.3, 0.4) is 0 Å². The van der Waals surface area contributed by atoms with Gasteiger partial charge in [0, 0.05) is 0 Å². The van der Waals surface area contributed by atoms with Gasteiger partial charge in [-0.25, -0.2) is 0 Å². The van der Waals surface area contributed by atoms with Gasteiger partial charge in [0.2, 0.25) is 0 Å². The third kappa shape index (κ3) is 4.49. The van der Waals surface area contributed by atoms with Gasteiger partial charge in [0.05, 0.1) is 0 Å². The summed E-state index contributed by atoms with van der Waals surface area (Å²) in [5.41, 5.74) is 25.1. The van der Waals surface area contributed by atoms with Crippen molar-refractivity contribution in [1.82, 2.24) is 0 Å². The molecule has 13 rings (SSSR count). The number of aryl methyl sites for hydroxylation is 2. The van der Waals surface area contributed by atoms with Gasteiger partial charge in [-0.2, -0.15) is 0 Å². The van der Waals surface area contributed by atoms with Crippen LogP contribution >= 0.6 is 23.5 Å². The molecule has 0 saturated carbocycles. The van der Waals surface area contributed by atoms with Crippen molar-refractivity contribution in [3.8, 4) is 0 Å². The van der Waals surface area contributed by atoms with Gasteiger partial charge in [0.25, 0.3) is 0 Å². The monoisotopic (exact) mass is 888 g/mol. The first-order valence-electron chi connectivity index (χ1n) is 22.1. The fourth-order valence-electron chi connectivity index (χ4n) is 11.9. The molecule has 0 unspecified atom stereocenters. The number of benzene rings is 6. The summed E-state index contributed by atoms with van der Waals surface area (Å²) in [5, 5.41) is 0.